The molecule has 3 rings (SSSR count). The van der Waals surface area contributed by atoms with E-state index in [0.29, 0.717) is 27.8 Å². The minimum atomic E-state index is -0.376. The molecule has 0 atom stereocenters. The van der Waals surface area contributed by atoms with Crippen LogP contribution in [0.5, 0.6) is 23.0 Å². The van der Waals surface area contributed by atoms with E-state index >= 15 is 0 Å². The van der Waals surface area contributed by atoms with Crippen molar-refractivity contribution in [2.24, 2.45) is 12.0 Å². The Bertz CT molecular complexity index is 1040. The standard InChI is InChI=1S/C19H20N2O5S/c1-21-14-9-15(24-3)16(25-4)10-17(14)27-19(21)20-18(22)11-26-13-7-5-6-12(8-13)23-2/h5-10H,11H2,1-4H3. The molecule has 142 valence electrons. The van der Waals surface area contributed by atoms with Crippen LogP contribution < -0.4 is 23.7 Å². The smallest absolute Gasteiger partial charge is 0.286 e. The van der Waals surface area contributed by atoms with Gasteiger partial charge in [-0.2, -0.15) is 4.99 Å². The first-order valence-corrected chi connectivity index (χ1v) is 8.93. The average molecular weight is 388 g/mol. The summed E-state index contributed by atoms with van der Waals surface area (Å²) in [6.45, 7) is -0.159. The molecular formula is C19H20N2O5S. The third-order valence-corrected chi connectivity index (χ3v) is 5.03. The molecule has 0 unspecified atom stereocenters. The second kappa shape index (κ2) is 8.13. The summed E-state index contributed by atoms with van der Waals surface area (Å²) in [5.41, 5.74) is 0.901. The van der Waals surface area contributed by atoms with Crippen LogP contribution in [0.3, 0.4) is 0 Å². The van der Waals surface area contributed by atoms with Gasteiger partial charge in [0, 0.05) is 25.2 Å². The fourth-order valence-electron chi connectivity index (χ4n) is 2.54. The highest BCUT2D eigenvalue weighted by atomic mass is 32.1. The van der Waals surface area contributed by atoms with Crippen LogP contribution in [0.1, 0.15) is 0 Å². The fraction of sp³-hybridized carbons (Fsp3) is 0.263. The molecule has 0 spiro atoms. The van der Waals surface area contributed by atoms with Gasteiger partial charge in [-0.25, -0.2) is 0 Å². The maximum Gasteiger partial charge on any atom is 0.286 e. The summed E-state index contributed by atoms with van der Waals surface area (Å²) in [6, 6.07) is 10.8. The van der Waals surface area contributed by atoms with Crippen molar-refractivity contribution in [1.82, 2.24) is 4.57 Å². The minimum absolute atomic E-state index is 0.159. The Kier molecular flexibility index (Phi) is 5.66. The van der Waals surface area contributed by atoms with E-state index in [4.69, 9.17) is 18.9 Å². The Morgan fingerprint density at radius 2 is 1.74 bits per heavy atom. The van der Waals surface area contributed by atoms with Crippen LogP contribution in [0, 0.1) is 0 Å². The highest BCUT2D eigenvalue weighted by molar-refractivity contribution is 7.16. The predicted molar refractivity (Wildman–Crippen MR) is 103 cm³/mol. The number of hydrogen-bond donors (Lipinski definition) is 0. The average Bonchev–Trinajstić information content (AvgIpc) is 3.00. The maximum absolute atomic E-state index is 12.2. The van der Waals surface area contributed by atoms with E-state index in [0.717, 1.165) is 10.2 Å². The van der Waals surface area contributed by atoms with Crippen molar-refractivity contribution < 1.29 is 23.7 Å². The van der Waals surface area contributed by atoms with E-state index in [9.17, 15) is 4.79 Å². The Hall–Kier alpha value is -3.00. The summed E-state index contributed by atoms with van der Waals surface area (Å²) in [4.78, 5) is 17.0. The Morgan fingerprint density at radius 1 is 1.04 bits per heavy atom. The van der Waals surface area contributed by atoms with Crippen LogP contribution >= 0.6 is 11.3 Å². The van der Waals surface area contributed by atoms with Gasteiger partial charge in [0.2, 0.25) is 0 Å². The van der Waals surface area contributed by atoms with Crippen LogP contribution in [0.25, 0.3) is 10.2 Å². The molecule has 1 aromatic heterocycles. The van der Waals surface area contributed by atoms with Crippen molar-refractivity contribution in [3.05, 3.63) is 41.2 Å². The lowest BCUT2D eigenvalue weighted by Gasteiger charge is -2.07. The molecular weight excluding hydrogens is 368 g/mol. The normalized spacial score (nSPS) is 11.5. The number of methoxy groups -OCH3 is 3. The van der Waals surface area contributed by atoms with Crippen molar-refractivity contribution >= 4 is 27.5 Å². The summed E-state index contributed by atoms with van der Waals surface area (Å²) >= 11 is 1.39. The fourth-order valence-corrected chi connectivity index (χ4v) is 3.58. The van der Waals surface area contributed by atoms with Gasteiger partial charge >= 0.3 is 0 Å². The van der Waals surface area contributed by atoms with Crippen molar-refractivity contribution in [2.75, 3.05) is 27.9 Å². The molecule has 0 saturated heterocycles. The summed E-state index contributed by atoms with van der Waals surface area (Å²) in [7, 11) is 6.59. The second-order valence-electron chi connectivity index (χ2n) is 5.59. The summed E-state index contributed by atoms with van der Waals surface area (Å²) in [5, 5.41) is 0. The van der Waals surface area contributed by atoms with E-state index in [1.807, 2.05) is 23.7 Å². The molecule has 2 aromatic carbocycles. The quantitative estimate of drug-likeness (QED) is 0.649. The van der Waals surface area contributed by atoms with E-state index in [2.05, 4.69) is 4.99 Å². The summed E-state index contributed by atoms with van der Waals surface area (Å²) < 4.78 is 24.1. The number of ether oxygens (including phenoxy) is 4. The number of hydrogen-bond acceptors (Lipinski definition) is 6. The molecule has 0 N–H and O–H groups in total. The number of fused-ring (bicyclic) bond motifs is 1. The number of aryl methyl sites for hydroxylation is 1. The lowest BCUT2D eigenvalue weighted by molar-refractivity contribution is -0.120. The van der Waals surface area contributed by atoms with Gasteiger partial charge in [0.05, 0.1) is 31.5 Å². The Labute approximate surface area is 160 Å². The molecule has 0 saturated carbocycles. The highest BCUT2D eigenvalue weighted by Gasteiger charge is 2.11. The number of nitrogens with zero attached hydrogens (tertiary/aromatic N) is 2. The van der Waals surface area contributed by atoms with Crippen LogP contribution in [-0.2, 0) is 11.8 Å². The van der Waals surface area contributed by atoms with Gasteiger partial charge in [0.1, 0.15) is 11.5 Å². The van der Waals surface area contributed by atoms with Crippen molar-refractivity contribution in [3.8, 4) is 23.0 Å². The molecule has 1 amide bonds. The molecule has 1 heterocycles. The first kappa shape index (κ1) is 18.8. The number of thiazole rings is 1. The number of rotatable bonds is 6. The molecule has 0 aliphatic rings. The van der Waals surface area contributed by atoms with Crippen molar-refractivity contribution in [2.45, 2.75) is 0 Å². The molecule has 0 aliphatic heterocycles. The molecule has 8 heteroatoms. The zero-order valence-corrected chi connectivity index (χ0v) is 16.3. The number of amides is 1. The lowest BCUT2D eigenvalue weighted by atomic mass is 10.3. The Balaban J connectivity index is 1.84. The molecule has 0 radical (unpaired) electrons. The zero-order valence-electron chi connectivity index (χ0n) is 15.5. The molecule has 27 heavy (non-hydrogen) atoms. The molecule has 0 aliphatic carbocycles. The maximum atomic E-state index is 12.2. The van der Waals surface area contributed by atoms with Crippen molar-refractivity contribution in [1.29, 1.82) is 0 Å². The van der Waals surface area contributed by atoms with Crippen LogP contribution in [0.2, 0.25) is 0 Å². The van der Waals surface area contributed by atoms with Crippen LogP contribution in [-0.4, -0.2) is 38.4 Å². The Morgan fingerprint density at radius 3 is 2.44 bits per heavy atom. The number of carbonyl (C=O) groups is 1. The topological polar surface area (TPSA) is 71.3 Å². The minimum Gasteiger partial charge on any atom is -0.497 e. The summed E-state index contributed by atoms with van der Waals surface area (Å²) in [6.07, 6.45) is 0. The van der Waals surface area contributed by atoms with E-state index < -0.39 is 0 Å². The third kappa shape index (κ3) is 4.06. The number of benzene rings is 2. The lowest BCUT2D eigenvalue weighted by Crippen LogP contribution is -2.17. The van der Waals surface area contributed by atoms with Crippen LogP contribution in [0.4, 0.5) is 0 Å². The highest BCUT2D eigenvalue weighted by Crippen LogP contribution is 2.33. The van der Waals surface area contributed by atoms with E-state index in [1.165, 1.54) is 11.3 Å². The van der Waals surface area contributed by atoms with Gasteiger partial charge in [-0.1, -0.05) is 17.4 Å². The molecule has 0 bridgehead atoms. The molecule has 3 aromatic rings. The van der Waals surface area contributed by atoms with Gasteiger partial charge in [-0.15, -0.1) is 0 Å². The van der Waals surface area contributed by atoms with Gasteiger partial charge in [-0.05, 0) is 12.1 Å². The third-order valence-electron chi connectivity index (χ3n) is 3.94. The van der Waals surface area contributed by atoms with Gasteiger partial charge in [0.25, 0.3) is 5.91 Å². The monoisotopic (exact) mass is 388 g/mol. The van der Waals surface area contributed by atoms with E-state index in [1.54, 1.807) is 45.6 Å². The number of carbonyl (C=O) groups excluding carboxylic acids is 1. The van der Waals surface area contributed by atoms with E-state index in [-0.39, 0.29) is 12.5 Å². The first-order valence-electron chi connectivity index (χ1n) is 8.11. The summed E-state index contributed by atoms with van der Waals surface area (Å²) in [5.74, 6) is 2.09. The van der Waals surface area contributed by atoms with Gasteiger partial charge < -0.3 is 23.5 Å². The largest absolute Gasteiger partial charge is 0.497 e. The first-order chi connectivity index (χ1) is 13.0. The van der Waals surface area contributed by atoms with Crippen molar-refractivity contribution in [3.63, 3.8) is 0 Å². The van der Waals surface area contributed by atoms with Crippen LogP contribution in [0.15, 0.2) is 41.4 Å². The van der Waals surface area contributed by atoms with Gasteiger partial charge in [-0.3, -0.25) is 4.79 Å². The number of aromatic nitrogens is 1. The van der Waals surface area contributed by atoms with Gasteiger partial charge in [0.15, 0.2) is 22.9 Å². The zero-order chi connectivity index (χ0) is 19.4. The predicted octanol–water partition coefficient (Wildman–Crippen LogP) is 2.77. The molecule has 7 nitrogen and oxygen atoms in total. The molecule has 0 fully saturated rings. The SMILES string of the molecule is COc1cccc(OCC(=O)N=c2sc3cc(OC)c(OC)cc3n2C)c1. The second-order valence-corrected chi connectivity index (χ2v) is 6.60.